The van der Waals surface area contributed by atoms with Crippen LogP contribution in [0.25, 0.3) is 0 Å². The van der Waals surface area contributed by atoms with Crippen molar-refractivity contribution in [1.29, 1.82) is 5.26 Å². The number of benzene rings is 1. The molecule has 1 rings (SSSR count). The SMILES string of the molecule is Cc1ccc(NCC(O)CC#N)cc1C. The molecule has 0 aliphatic carbocycles. The Balaban J connectivity index is 2.51. The third-order valence-electron chi connectivity index (χ3n) is 2.38. The summed E-state index contributed by atoms with van der Waals surface area (Å²) >= 11 is 0. The molecule has 1 aromatic rings. The number of anilines is 1. The molecule has 0 aromatic heterocycles. The number of nitrogens with zero attached hydrogens (tertiary/aromatic N) is 1. The Bertz CT molecular complexity index is 368. The maximum absolute atomic E-state index is 9.35. The molecule has 0 saturated carbocycles. The zero-order valence-electron chi connectivity index (χ0n) is 9.12. The van der Waals surface area contributed by atoms with E-state index in [2.05, 4.69) is 12.2 Å². The van der Waals surface area contributed by atoms with Crippen LogP contribution in [0, 0.1) is 25.2 Å². The van der Waals surface area contributed by atoms with Crippen LogP contribution in [0.5, 0.6) is 0 Å². The molecule has 0 aliphatic rings. The summed E-state index contributed by atoms with van der Waals surface area (Å²) in [6, 6.07) is 7.98. The van der Waals surface area contributed by atoms with E-state index in [1.807, 2.05) is 31.2 Å². The van der Waals surface area contributed by atoms with E-state index in [4.69, 9.17) is 5.26 Å². The van der Waals surface area contributed by atoms with Gasteiger partial charge in [-0.1, -0.05) is 6.07 Å². The van der Waals surface area contributed by atoms with Crippen LogP contribution in [0.3, 0.4) is 0 Å². The number of hydrogen-bond donors (Lipinski definition) is 2. The Morgan fingerprint density at radius 1 is 1.40 bits per heavy atom. The van der Waals surface area contributed by atoms with Crippen molar-refractivity contribution in [2.75, 3.05) is 11.9 Å². The fraction of sp³-hybridized carbons (Fsp3) is 0.417. The van der Waals surface area contributed by atoms with Crippen molar-refractivity contribution in [3.8, 4) is 6.07 Å². The van der Waals surface area contributed by atoms with Crippen molar-refractivity contribution in [2.24, 2.45) is 0 Å². The number of nitrogens with one attached hydrogen (secondary N) is 1. The molecule has 15 heavy (non-hydrogen) atoms. The predicted octanol–water partition coefficient (Wildman–Crippen LogP) is 1.99. The molecule has 0 aliphatic heterocycles. The smallest absolute Gasteiger partial charge is 0.0842 e. The van der Waals surface area contributed by atoms with E-state index < -0.39 is 6.10 Å². The Hall–Kier alpha value is -1.53. The fourth-order valence-corrected chi connectivity index (χ4v) is 1.26. The molecule has 3 heteroatoms. The number of rotatable bonds is 4. The summed E-state index contributed by atoms with van der Waals surface area (Å²) in [5.41, 5.74) is 3.45. The lowest BCUT2D eigenvalue weighted by molar-refractivity contribution is 0.193. The number of hydrogen-bond acceptors (Lipinski definition) is 3. The first-order valence-electron chi connectivity index (χ1n) is 4.99. The van der Waals surface area contributed by atoms with Gasteiger partial charge in [-0.25, -0.2) is 0 Å². The van der Waals surface area contributed by atoms with Crippen LogP contribution in [-0.4, -0.2) is 17.8 Å². The zero-order chi connectivity index (χ0) is 11.3. The third kappa shape index (κ3) is 3.61. The van der Waals surface area contributed by atoms with Gasteiger partial charge in [0.05, 0.1) is 18.6 Å². The Kier molecular flexibility index (Phi) is 4.14. The van der Waals surface area contributed by atoms with Crippen molar-refractivity contribution in [1.82, 2.24) is 0 Å². The minimum Gasteiger partial charge on any atom is -0.390 e. The quantitative estimate of drug-likeness (QED) is 0.788. The second kappa shape index (κ2) is 5.38. The van der Waals surface area contributed by atoms with Crippen LogP contribution in [0.2, 0.25) is 0 Å². The zero-order valence-corrected chi connectivity index (χ0v) is 9.12. The summed E-state index contributed by atoms with van der Waals surface area (Å²) in [6.45, 7) is 4.52. The normalized spacial score (nSPS) is 11.9. The van der Waals surface area contributed by atoms with Crippen molar-refractivity contribution in [3.05, 3.63) is 29.3 Å². The van der Waals surface area contributed by atoms with Gasteiger partial charge >= 0.3 is 0 Å². The van der Waals surface area contributed by atoms with E-state index in [1.165, 1.54) is 11.1 Å². The van der Waals surface area contributed by atoms with E-state index in [9.17, 15) is 5.11 Å². The molecule has 80 valence electrons. The summed E-state index contributed by atoms with van der Waals surface area (Å²) in [4.78, 5) is 0. The van der Waals surface area contributed by atoms with Gasteiger partial charge in [0.25, 0.3) is 0 Å². The third-order valence-corrected chi connectivity index (χ3v) is 2.38. The molecular weight excluding hydrogens is 188 g/mol. The van der Waals surface area contributed by atoms with Crippen molar-refractivity contribution < 1.29 is 5.11 Å². The number of nitriles is 1. The van der Waals surface area contributed by atoms with E-state index in [1.54, 1.807) is 0 Å². The summed E-state index contributed by atoms with van der Waals surface area (Å²) in [5, 5.41) is 20.8. The van der Waals surface area contributed by atoms with Gasteiger partial charge in [0.1, 0.15) is 0 Å². The van der Waals surface area contributed by atoms with Crippen molar-refractivity contribution in [3.63, 3.8) is 0 Å². The van der Waals surface area contributed by atoms with Crippen molar-refractivity contribution >= 4 is 5.69 Å². The highest BCUT2D eigenvalue weighted by atomic mass is 16.3. The molecule has 0 radical (unpaired) electrons. The lowest BCUT2D eigenvalue weighted by atomic mass is 10.1. The van der Waals surface area contributed by atoms with Crippen LogP contribution >= 0.6 is 0 Å². The summed E-state index contributed by atoms with van der Waals surface area (Å²) in [5.74, 6) is 0. The van der Waals surface area contributed by atoms with Gasteiger partial charge in [-0.2, -0.15) is 5.26 Å². The first-order chi connectivity index (χ1) is 7.13. The molecule has 0 heterocycles. The summed E-state index contributed by atoms with van der Waals surface area (Å²) in [7, 11) is 0. The lowest BCUT2D eigenvalue weighted by Crippen LogP contribution is -2.18. The highest BCUT2D eigenvalue weighted by molar-refractivity contribution is 5.48. The van der Waals surface area contributed by atoms with Gasteiger partial charge in [0.2, 0.25) is 0 Å². The van der Waals surface area contributed by atoms with Crippen LogP contribution in [0.1, 0.15) is 17.5 Å². The monoisotopic (exact) mass is 204 g/mol. The standard InChI is InChI=1S/C12H16N2O/c1-9-3-4-11(7-10(9)2)14-8-12(15)5-6-13/h3-4,7,12,14-15H,5,8H2,1-2H3. The summed E-state index contributed by atoms with van der Waals surface area (Å²) in [6.07, 6.45) is -0.436. The maximum atomic E-state index is 9.35. The number of aryl methyl sites for hydroxylation is 2. The largest absolute Gasteiger partial charge is 0.390 e. The lowest BCUT2D eigenvalue weighted by Gasteiger charge is -2.11. The van der Waals surface area contributed by atoms with Gasteiger partial charge in [-0.15, -0.1) is 0 Å². The van der Waals surface area contributed by atoms with Gasteiger partial charge in [-0.05, 0) is 37.1 Å². The summed E-state index contributed by atoms with van der Waals surface area (Å²) < 4.78 is 0. The Morgan fingerprint density at radius 3 is 2.73 bits per heavy atom. The van der Waals surface area contributed by atoms with Crippen molar-refractivity contribution in [2.45, 2.75) is 26.4 Å². The average molecular weight is 204 g/mol. The molecule has 1 unspecified atom stereocenters. The van der Waals surface area contributed by atoms with E-state index >= 15 is 0 Å². The van der Waals surface area contributed by atoms with Gasteiger partial charge in [0.15, 0.2) is 0 Å². The van der Waals surface area contributed by atoms with E-state index in [0.29, 0.717) is 6.54 Å². The van der Waals surface area contributed by atoms with Gasteiger partial charge in [-0.3, -0.25) is 0 Å². The molecule has 0 spiro atoms. The number of aliphatic hydroxyl groups excluding tert-OH is 1. The minimum absolute atomic E-state index is 0.165. The minimum atomic E-state index is -0.600. The highest BCUT2D eigenvalue weighted by Crippen LogP contribution is 2.14. The molecule has 2 N–H and O–H groups in total. The Labute approximate surface area is 90.4 Å². The first-order valence-corrected chi connectivity index (χ1v) is 4.99. The molecular formula is C12H16N2O. The Morgan fingerprint density at radius 2 is 2.13 bits per heavy atom. The predicted molar refractivity (Wildman–Crippen MR) is 60.6 cm³/mol. The molecule has 0 saturated heterocycles. The topological polar surface area (TPSA) is 56.0 Å². The molecule has 1 atom stereocenters. The molecule has 0 amide bonds. The molecule has 0 bridgehead atoms. The van der Waals surface area contributed by atoms with E-state index in [0.717, 1.165) is 5.69 Å². The van der Waals surface area contributed by atoms with Gasteiger partial charge < -0.3 is 10.4 Å². The highest BCUT2D eigenvalue weighted by Gasteiger charge is 2.02. The average Bonchev–Trinajstić information content (AvgIpc) is 2.20. The second-order valence-corrected chi connectivity index (χ2v) is 3.70. The van der Waals surface area contributed by atoms with E-state index in [-0.39, 0.29) is 6.42 Å². The number of aliphatic hydroxyl groups is 1. The fourth-order valence-electron chi connectivity index (χ4n) is 1.26. The first kappa shape index (κ1) is 11.5. The van der Waals surface area contributed by atoms with Crippen LogP contribution in [0.15, 0.2) is 18.2 Å². The van der Waals surface area contributed by atoms with Crippen LogP contribution in [-0.2, 0) is 0 Å². The maximum Gasteiger partial charge on any atom is 0.0842 e. The molecule has 0 fully saturated rings. The van der Waals surface area contributed by atoms with Crippen LogP contribution < -0.4 is 5.32 Å². The van der Waals surface area contributed by atoms with Gasteiger partial charge in [0, 0.05) is 12.2 Å². The second-order valence-electron chi connectivity index (χ2n) is 3.70. The molecule has 1 aromatic carbocycles. The van der Waals surface area contributed by atoms with Crippen LogP contribution in [0.4, 0.5) is 5.69 Å². The molecule has 3 nitrogen and oxygen atoms in total.